The van der Waals surface area contributed by atoms with E-state index in [2.05, 4.69) is 86.8 Å². The van der Waals surface area contributed by atoms with E-state index in [1.807, 2.05) is 0 Å². The van der Waals surface area contributed by atoms with Crippen LogP contribution in [0.25, 0.3) is 0 Å². The fourth-order valence-electron chi connectivity index (χ4n) is 8.27. The molecule has 66 heavy (non-hydrogen) atoms. The van der Waals surface area contributed by atoms with Crippen molar-refractivity contribution in [3.8, 4) is 0 Å². The maximum absolute atomic E-state index is 12.3. The number of hydrogen-bond donors (Lipinski definition) is 1. The molecule has 1 N–H and O–H groups in total. The summed E-state index contributed by atoms with van der Waals surface area (Å²) in [7, 11) is 0. The van der Waals surface area contributed by atoms with Gasteiger partial charge in [-0.1, -0.05) is 279 Å². The van der Waals surface area contributed by atoms with Gasteiger partial charge in [0.2, 0.25) is 0 Å². The highest BCUT2D eigenvalue weighted by atomic mass is 16.6. The number of aliphatic hydroxyl groups excluding tert-OH is 1. The van der Waals surface area contributed by atoms with E-state index in [9.17, 15) is 14.7 Å². The maximum Gasteiger partial charge on any atom is 0.306 e. The van der Waals surface area contributed by atoms with Crippen LogP contribution in [0.3, 0.4) is 0 Å². The lowest BCUT2D eigenvalue weighted by atomic mass is 10.0. The van der Waals surface area contributed by atoms with E-state index in [0.29, 0.717) is 12.8 Å². The molecule has 0 aliphatic carbocycles. The summed E-state index contributed by atoms with van der Waals surface area (Å²) in [5, 5.41) is 9.64. The van der Waals surface area contributed by atoms with Crippen LogP contribution in [-0.4, -0.2) is 36.4 Å². The van der Waals surface area contributed by atoms with Crippen molar-refractivity contribution in [1.29, 1.82) is 0 Å². The lowest BCUT2D eigenvalue weighted by molar-refractivity contribution is -0.161. The second kappa shape index (κ2) is 56.7. The molecule has 0 aliphatic rings. The molecule has 382 valence electrons. The molecule has 1 atom stereocenters. The molecule has 0 aromatic carbocycles. The minimum atomic E-state index is -0.798. The topological polar surface area (TPSA) is 72.8 Å². The van der Waals surface area contributed by atoms with Crippen LogP contribution in [0.15, 0.2) is 72.9 Å². The Hall–Kier alpha value is -2.66. The van der Waals surface area contributed by atoms with Crippen molar-refractivity contribution in [2.45, 2.75) is 290 Å². The van der Waals surface area contributed by atoms with Gasteiger partial charge in [0.25, 0.3) is 0 Å². The third-order valence-electron chi connectivity index (χ3n) is 12.5. The van der Waals surface area contributed by atoms with Gasteiger partial charge < -0.3 is 14.6 Å². The molecule has 0 saturated heterocycles. The van der Waals surface area contributed by atoms with Crippen LogP contribution >= 0.6 is 0 Å². The average Bonchev–Trinajstić information content (AvgIpc) is 3.32. The van der Waals surface area contributed by atoms with Gasteiger partial charge >= 0.3 is 11.9 Å². The number of aliphatic hydroxyl groups is 1. The molecule has 0 aliphatic heterocycles. The minimum absolute atomic E-state index is 0.0841. The second-order valence-electron chi connectivity index (χ2n) is 19.0. The first-order valence-corrected chi connectivity index (χ1v) is 28.5. The van der Waals surface area contributed by atoms with Crippen LogP contribution in [0.1, 0.15) is 284 Å². The summed E-state index contributed by atoms with van der Waals surface area (Å²) in [6, 6.07) is 0. The summed E-state index contributed by atoms with van der Waals surface area (Å²) in [5.41, 5.74) is 0. The Morgan fingerprint density at radius 2 is 0.652 bits per heavy atom. The SMILES string of the molecule is CC/C=C\C/C=C\C/C=C\C/C=C\C/C=C\C/C=C\CCCCC(=O)OC(CO)COC(=O)CCCCCCCCCCCCCCCCCCCCCCCCCCCCCCCCC. The zero-order valence-corrected chi connectivity index (χ0v) is 43.7. The number of hydrogen-bond acceptors (Lipinski definition) is 5. The molecule has 0 bridgehead atoms. The van der Waals surface area contributed by atoms with Crippen molar-refractivity contribution >= 4 is 11.9 Å². The van der Waals surface area contributed by atoms with Crippen molar-refractivity contribution in [1.82, 2.24) is 0 Å². The highest BCUT2D eigenvalue weighted by molar-refractivity contribution is 5.70. The molecule has 1 unspecified atom stereocenters. The zero-order chi connectivity index (χ0) is 47.7. The fraction of sp³-hybridized carbons (Fsp3) is 0.770. The van der Waals surface area contributed by atoms with Gasteiger partial charge in [-0.3, -0.25) is 9.59 Å². The first-order valence-electron chi connectivity index (χ1n) is 28.5. The molecule has 0 radical (unpaired) electrons. The molecule has 5 heteroatoms. The Morgan fingerprint density at radius 3 is 0.985 bits per heavy atom. The summed E-state index contributed by atoms with van der Waals surface area (Å²) in [5.74, 6) is -0.634. The number of carbonyl (C=O) groups excluding carboxylic acids is 2. The van der Waals surface area contributed by atoms with E-state index < -0.39 is 6.10 Å². The van der Waals surface area contributed by atoms with Crippen molar-refractivity contribution < 1.29 is 24.2 Å². The van der Waals surface area contributed by atoms with Crippen LogP contribution in [0, 0.1) is 0 Å². The summed E-state index contributed by atoms with van der Waals surface area (Å²) >= 11 is 0. The van der Waals surface area contributed by atoms with Crippen LogP contribution in [-0.2, 0) is 19.1 Å². The van der Waals surface area contributed by atoms with Crippen molar-refractivity contribution in [3.05, 3.63) is 72.9 Å². The fourth-order valence-corrected chi connectivity index (χ4v) is 8.27. The molecule has 0 aromatic rings. The van der Waals surface area contributed by atoms with E-state index in [1.54, 1.807) is 0 Å². The van der Waals surface area contributed by atoms with Gasteiger partial charge in [-0.25, -0.2) is 0 Å². The van der Waals surface area contributed by atoms with Crippen LogP contribution < -0.4 is 0 Å². The van der Waals surface area contributed by atoms with Gasteiger partial charge in [0.05, 0.1) is 6.61 Å². The van der Waals surface area contributed by atoms with Crippen molar-refractivity contribution in [2.75, 3.05) is 13.2 Å². The number of carbonyl (C=O) groups is 2. The minimum Gasteiger partial charge on any atom is -0.462 e. The molecule has 5 nitrogen and oxygen atoms in total. The van der Waals surface area contributed by atoms with Crippen LogP contribution in [0.4, 0.5) is 0 Å². The first-order chi connectivity index (χ1) is 32.6. The first kappa shape index (κ1) is 63.3. The lowest BCUT2D eigenvalue weighted by Gasteiger charge is -2.15. The van der Waals surface area contributed by atoms with Gasteiger partial charge in [-0.2, -0.15) is 0 Å². The highest BCUT2D eigenvalue weighted by Crippen LogP contribution is 2.17. The number of rotatable bonds is 52. The van der Waals surface area contributed by atoms with Gasteiger partial charge in [0, 0.05) is 12.8 Å². The molecule has 0 saturated carbocycles. The van der Waals surface area contributed by atoms with Crippen LogP contribution in [0.5, 0.6) is 0 Å². The van der Waals surface area contributed by atoms with Gasteiger partial charge in [-0.15, -0.1) is 0 Å². The van der Waals surface area contributed by atoms with E-state index >= 15 is 0 Å². The maximum atomic E-state index is 12.3. The summed E-state index contributed by atoms with van der Waals surface area (Å²) < 4.78 is 10.7. The van der Waals surface area contributed by atoms with E-state index in [1.165, 1.54) is 180 Å². The van der Waals surface area contributed by atoms with E-state index in [-0.39, 0.29) is 25.2 Å². The predicted molar refractivity (Wildman–Crippen MR) is 288 cm³/mol. The molecule has 0 aromatic heterocycles. The molecular weight excluding hydrogens is 813 g/mol. The van der Waals surface area contributed by atoms with Crippen molar-refractivity contribution in [3.63, 3.8) is 0 Å². The van der Waals surface area contributed by atoms with Crippen LogP contribution in [0.2, 0.25) is 0 Å². The number of unbranched alkanes of at least 4 members (excludes halogenated alkanes) is 32. The Labute approximate surface area is 410 Å². The lowest BCUT2D eigenvalue weighted by Crippen LogP contribution is -2.28. The zero-order valence-electron chi connectivity index (χ0n) is 43.7. The molecule has 0 fully saturated rings. The predicted octanol–water partition coefficient (Wildman–Crippen LogP) is 19.2. The third kappa shape index (κ3) is 54.0. The quantitative estimate of drug-likeness (QED) is 0.0374. The van der Waals surface area contributed by atoms with Gasteiger partial charge in [0.1, 0.15) is 6.61 Å². The number of esters is 2. The Bertz CT molecular complexity index is 1180. The normalized spacial score (nSPS) is 12.7. The Balaban J connectivity index is 3.49. The summed E-state index contributed by atoms with van der Waals surface area (Å²) in [4.78, 5) is 24.5. The monoisotopic (exact) mass is 921 g/mol. The molecule has 0 spiro atoms. The summed E-state index contributed by atoms with van der Waals surface area (Å²) in [6.07, 6.45) is 77.5. The highest BCUT2D eigenvalue weighted by Gasteiger charge is 2.16. The average molecular weight is 922 g/mol. The third-order valence-corrected chi connectivity index (χ3v) is 12.5. The van der Waals surface area contributed by atoms with E-state index in [4.69, 9.17) is 9.47 Å². The Kier molecular flexibility index (Phi) is 54.4. The largest absolute Gasteiger partial charge is 0.462 e. The molecule has 0 heterocycles. The molecular formula is C61H108O5. The van der Waals surface area contributed by atoms with Crippen molar-refractivity contribution in [2.24, 2.45) is 0 Å². The molecule has 0 rings (SSSR count). The summed E-state index contributed by atoms with van der Waals surface area (Å²) in [6.45, 7) is 4.02. The Morgan fingerprint density at radius 1 is 0.364 bits per heavy atom. The van der Waals surface area contributed by atoms with E-state index in [0.717, 1.165) is 77.0 Å². The number of allylic oxidation sites excluding steroid dienone is 12. The molecule has 0 amide bonds. The smallest absolute Gasteiger partial charge is 0.306 e. The standard InChI is InChI=1S/C61H108O5/c1-3-5-7-9-11-13-15-17-19-21-23-25-26-27-28-29-30-31-32-33-34-36-37-39-41-43-45-47-49-51-53-55-60(63)65-58-59(57-62)66-61(64)56-54-52-50-48-46-44-42-40-38-35-24-22-20-18-16-14-12-10-8-6-4-2/h6,8,12,14,18,20,24,35,40,42,46,48,59,62H,3-5,7,9-11,13,15-17,19,21-23,25-34,36-39,41,43-45,47,49-58H2,1-2H3/b8-6-,14-12-,20-18-,35-24-,42-40-,48-46-. The van der Waals surface area contributed by atoms with Gasteiger partial charge in [0.15, 0.2) is 6.10 Å². The second-order valence-corrected chi connectivity index (χ2v) is 19.0. The number of ether oxygens (including phenoxy) is 2. The van der Waals surface area contributed by atoms with Gasteiger partial charge in [-0.05, 0) is 64.2 Å².